The molecule has 2 aromatic rings. The van der Waals surface area contributed by atoms with Crippen LogP contribution in [0.2, 0.25) is 5.02 Å². The van der Waals surface area contributed by atoms with E-state index in [-0.39, 0.29) is 30.4 Å². The van der Waals surface area contributed by atoms with Crippen molar-refractivity contribution in [2.24, 2.45) is 11.7 Å². The van der Waals surface area contributed by atoms with E-state index in [4.69, 9.17) is 22.1 Å². The van der Waals surface area contributed by atoms with E-state index in [0.717, 1.165) is 12.0 Å². The number of ether oxygens (including phenoxy) is 1. The van der Waals surface area contributed by atoms with E-state index in [0.29, 0.717) is 10.9 Å². The van der Waals surface area contributed by atoms with Gasteiger partial charge in [-0.15, -0.1) is 0 Å². The van der Waals surface area contributed by atoms with Gasteiger partial charge in [0, 0.05) is 17.5 Å². The van der Waals surface area contributed by atoms with Crippen molar-refractivity contribution in [3.63, 3.8) is 0 Å². The van der Waals surface area contributed by atoms with Gasteiger partial charge in [0.05, 0.1) is 11.7 Å². The zero-order chi connectivity index (χ0) is 26.8. The number of benzene rings is 2. The highest BCUT2D eigenvalue weighted by Gasteiger charge is 2.30. The van der Waals surface area contributed by atoms with Gasteiger partial charge in [-0.3, -0.25) is 9.59 Å². The van der Waals surface area contributed by atoms with Crippen LogP contribution >= 0.6 is 11.6 Å². The van der Waals surface area contributed by atoms with Crippen LogP contribution in [0.1, 0.15) is 43.1 Å². The Balaban J connectivity index is 2.27. The molecule has 0 spiro atoms. The number of carbonyl (C=O) groups excluding carboxylic acids is 2. The zero-order valence-electron chi connectivity index (χ0n) is 20.6. The largest absolute Gasteiger partial charge is 0.491 e. The molecule has 0 saturated carbocycles. The van der Waals surface area contributed by atoms with Crippen molar-refractivity contribution in [3.8, 4) is 5.75 Å². The number of carbonyl (C=O) groups is 3. The quantitative estimate of drug-likeness (QED) is 0.272. The molecule has 9 nitrogen and oxygen atoms in total. The first-order valence-corrected chi connectivity index (χ1v) is 12.1. The highest BCUT2D eigenvalue weighted by atomic mass is 35.5. The van der Waals surface area contributed by atoms with Gasteiger partial charge in [-0.1, -0.05) is 55.8 Å². The van der Waals surface area contributed by atoms with Gasteiger partial charge in [0.25, 0.3) is 5.91 Å². The van der Waals surface area contributed by atoms with Crippen LogP contribution in [0.15, 0.2) is 48.5 Å². The van der Waals surface area contributed by atoms with Crippen molar-refractivity contribution in [2.45, 2.75) is 57.8 Å². The fourth-order valence-electron chi connectivity index (χ4n) is 3.61. The third-order valence-corrected chi connectivity index (χ3v) is 5.60. The second-order valence-electron chi connectivity index (χ2n) is 9.12. The number of carboxylic acid groups (broad SMARTS) is 1. The van der Waals surface area contributed by atoms with Crippen LogP contribution in [0.25, 0.3) is 0 Å². The maximum Gasteiger partial charge on any atom is 0.328 e. The fraction of sp³-hybridized carbons (Fsp3) is 0.423. The first kappa shape index (κ1) is 29.1. The van der Waals surface area contributed by atoms with Crippen molar-refractivity contribution >= 4 is 29.4 Å². The Morgan fingerprint density at radius 1 is 1.06 bits per heavy atom. The number of aliphatic hydroxyl groups is 1. The van der Waals surface area contributed by atoms with Gasteiger partial charge in [-0.2, -0.15) is 0 Å². The highest BCUT2D eigenvalue weighted by Crippen LogP contribution is 2.24. The lowest BCUT2D eigenvalue weighted by Gasteiger charge is -2.23. The summed E-state index contributed by atoms with van der Waals surface area (Å²) in [4.78, 5) is 37.7. The van der Waals surface area contributed by atoms with Gasteiger partial charge in [0.1, 0.15) is 18.4 Å². The van der Waals surface area contributed by atoms with E-state index in [1.54, 1.807) is 24.3 Å². The third-order valence-electron chi connectivity index (χ3n) is 5.37. The number of amides is 2. The molecule has 0 radical (unpaired) electrons. The van der Waals surface area contributed by atoms with Crippen molar-refractivity contribution in [1.29, 1.82) is 0 Å². The van der Waals surface area contributed by atoms with Crippen LogP contribution in [0.5, 0.6) is 5.75 Å². The molecule has 2 aromatic carbocycles. The molecule has 0 aliphatic rings. The number of carboxylic acids is 1. The SMILES string of the molecule is CC(C)C[C@@H](N)COc1cc(Cl)ccc1C(=O)N[C@@H](Cc1ccccc1)C(=O)N[C@H](C(=O)O)[C@@H](C)O. The third kappa shape index (κ3) is 9.14. The second-order valence-corrected chi connectivity index (χ2v) is 9.56. The Hall–Kier alpha value is -3.14. The molecule has 0 bridgehead atoms. The molecule has 6 N–H and O–H groups in total. The summed E-state index contributed by atoms with van der Waals surface area (Å²) in [5.41, 5.74) is 7.00. The molecule has 2 amide bonds. The molecule has 0 saturated heterocycles. The first-order chi connectivity index (χ1) is 17.0. The van der Waals surface area contributed by atoms with Gasteiger partial charge >= 0.3 is 5.97 Å². The predicted octanol–water partition coefficient (Wildman–Crippen LogP) is 2.38. The predicted molar refractivity (Wildman–Crippen MR) is 137 cm³/mol. The van der Waals surface area contributed by atoms with E-state index in [2.05, 4.69) is 10.6 Å². The minimum absolute atomic E-state index is 0.0909. The van der Waals surface area contributed by atoms with E-state index < -0.39 is 36.0 Å². The van der Waals surface area contributed by atoms with E-state index in [9.17, 15) is 24.6 Å². The van der Waals surface area contributed by atoms with Crippen LogP contribution in [-0.4, -0.2) is 58.8 Å². The number of rotatable bonds is 13. The second kappa shape index (κ2) is 13.8. The topological polar surface area (TPSA) is 151 Å². The minimum atomic E-state index is -1.54. The summed E-state index contributed by atoms with van der Waals surface area (Å²) in [6, 6.07) is 10.5. The molecule has 0 aromatic heterocycles. The Labute approximate surface area is 216 Å². The summed E-state index contributed by atoms with van der Waals surface area (Å²) in [6.07, 6.45) is -0.519. The van der Waals surface area contributed by atoms with Crippen molar-refractivity contribution in [3.05, 3.63) is 64.7 Å². The van der Waals surface area contributed by atoms with E-state index >= 15 is 0 Å². The molecule has 0 aliphatic carbocycles. The van der Waals surface area contributed by atoms with Crippen molar-refractivity contribution < 1.29 is 29.3 Å². The summed E-state index contributed by atoms with van der Waals surface area (Å²) in [7, 11) is 0. The molecule has 4 atom stereocenters. The van der Waals surface area contributed by atoms with Crippen LogP contribution in [0.3, 0.4) is 0 Å². The molecule has 36 heavy (non-hydrogen) atoms. The fourth-order valence-corrected chi connectivity index (χ4v) is 3.77. The molecule has 2 rings (SSSR count). The summed E-state index contributed by atoms with van der Waals surface area (Å²) < 4.78 is 5.81. The standard InChI is InChI=1S/C26H34ClN3O6/c1-15(2)11-19(28)14-36-22-13-18(27)9-10-20(22)24(32)29-21(12-17-7-5-4-6-8-17)25(33)30-23(16(3)31)26(34)35/h4-10,13,15-16,19,21,23,31H,11-12,14,28H2,1-3H3,(H,29,32)(H,30,33)(H,34,35)/t16-,19-,21+,23+/m1/s1. The Bertz CT molecular complexity index is 1030. The van der Waals surface area contributed by atoms with E-state index in [1.807, 2.05) is 19.9 Å². The number of hydrogen-bond donors (Lipinski definition) is 5. The average molecular weight is 520 g/mol. The van der Waals surface area contributed by atoms with Gasteiger partial charge in [0.15, 0.2) is 6.04 Å². The number of aliphatic carboxylic acids is 1. The molecule has 10 heteroatoms. The van der Waals surface area contributed by atoms with Crippen LogP contribution in [-0.2, 0) is 16.0 Å². The molecule has 0 heterocycles. The maximum atomic E-state index is 13.2. The summed E-state index contributed by atoms with van der Waals surface area (Å²) in [5, 5.41) is 24.4. The Kier molecular flexibility index (Phi) is 11.2. The summed E-state index contributed by atoms with van der Waals surface area (Å²) in [6.45, 7) is 5.51. The number of hydrogen-bond acceptors (Lipinski definition) is 6. The lowest BCUT2D eigenvalue weighted by Crippen LogP contribution is -2.55. The number of halogens is 1. The van der Waals surface area contributed by atoms with E-state index in [1.165, 1.54) is 25.1 Å². The van der Waals surface area contributed by atoms with Crippen molar-refractivity contribution in [1.82, 2.24) is 10.6 Å². The minimum Gasteiger partial charge on any atom is -0.491 e. The maximum absolute atomic E-state index is 13.2. The molecule has 0 fully saturated rings. The highest BCUT2D eigenvalue weighted by molar-refractivity contribution is 6.30. The van der Waals surface area contributed by atoms with Gasteiger partial charge in [-0.05, 0) is 43.0 Å². The normalized spacial score (nSPS) is 14.4. The zero-order valence-corrected chi connectivity index (χ0v) is 21.4. The molecule has 196 valence electrons. The summed E-state index contributed by atoms with van der Waals surface area (Å²) in [5.74, 6) is -2.17. The summed E-state index contributed by atoms with van der Waals surface area (Å²) >= 11 is 6.11. The molecular weight excluding hydrogens is 486 g/mol. The van der Waals surface area contributed by atoms with Crippen LogP contribution in [0.4, 0.5) is 0 Å². The smallest absolute Gasteiger partial charge is 0.328 e. The number of nitrogens with one attached hydrogen (secondary N) is 2. The van der Waals surface area contributed by atoms with Gasteiger partial charge in [0.2, 0.25) is 5.91 Å². The Morgan fingerprint density at radius 3 is 2.31 bits per heavy atom. The lowest BCUT2D eigenvalue weighted by molar-refractivity contribution is -0.145. The first-order valence-electron chi connectivity index (χ1n) is 11.7. The lowest BCUT2D eigenvalue weighted by atomic mass is 10.0. The van der Waals surface area contributed by atoms with Crippen molar-refractivity contribution in [2.75, 3.05) is 6.61 Å². The number of aliphatic hydroxyl groups excluding tert-OH is 1. The van der Waals surface area contributed by atoms with Crippen LogP contribution in [0, 0.1) is 5.92 Å². The average Bonchev–Trinajstić information content (AvgIpc) is 2.80. The van der Waals surface area contributed by atoms with Crippen LogP contribution < -0.4 is 21.1 Å². The van der Waals surface area contributed by atoms with Gasteiger partial charge in [-0.25, -0.2) is 4.79 Å². The van der Waals surface area contributed by atoms with Gasteiger partial charge < -0.3 is 31.3 Å². The monoisotopic (exact) mass is 519 g/mol. The Morgan fingerprint density at radius 2 is 1.72 bits per heavy atom. The molecule has 0 aliphatic heterocycles. The number of nitrogens with two attached hydrogens (primary N) is 1. The molecule has 0 unspecified atom stereocenters. The molecular formula is C26H34ClN3O6.